The van der Waals surface area contributed by atoms with Crippen molar-refractivity contribution in [3.05, 3.63) is 48.5 Å². The van der Waals surface area contributed by atoms with Crippen molar-refractivity contribution in [3.63, 3.8) is 0 Å². The standard InChI is InChI=1S/C25H33N3O5S/c1-32-22-8-6-21(7-9-22)26-16-18-27(19-17-26)25(29)20-33-23-10-12-24(13-11-23)34(30,31)28-14-4-2-3-5-15-28/h6-13H,2-5,14-20H2,1H3. The molecular weight excluding hydrogens is 454 g/mol. The second-order valence-electron chi connectivity index (χ2n) is 8.64. The van der Waals surface area contributed by atoms with Crippen molar-refractivity contribution in [1.82, 2.24) is 9.21 Å². The number of anilines is 1. The number of methoxy groups -OCH3 is 1. The fourth-order valence-electron chi connectivity index (χ4n) is 4.38. The fraction of sp³-hybridized carbons (Fsp3) is 0.480. The van der Waals surface area contributed by atoms with Gasteiger partial charge in [-0.2, -0.15) is 4.31 Å². The summed E-state index contributed by atoms with van der Waals surface area (Å²) in [6.45, 7) is 3.83. The minimum Gasteiger partial charge on any atom is -0.497 e. The largest absolute Gasteiger partial charge is 0.497 e. The van der Waals surface area contributed by atoms with Crippen LogP contribution in [0.4, 0.5) is 5.69 Å². The van der Waals surface area contributed by atoms with Gasteiger partial charge in [0.05, 0.1) is 12.0 Å². The molecule has 34 heavy (non-hydrogen) atoms. The minimum absolute atomic E-state index is 0.0687. The number of hydrogen-bond acceptors (Lipinski definition) is 6. The molecule has 2 saturated heterocycles. The second-order valence-corrected chi connectivity index (χ2v) is 10.6. The number of hydrogen-bond donors (Lipinski definition) is 0. The summed E-state index contributed by atoms with van der Waals surface area (Å²) in [5.74, 6) is 1.23. The summed E-state index contributed by atoms with van der Waals surface area (Å²) in [5.41, 5.74) is 1.11. The number of rotatable bonds is 7. The molecule has 4 rings (SSSR count). The van der Waals surface area contributed by atoms with Crippen LogP contribution in [0.15, 0.2) is 53.4 Å². The molecule has 0 bridgehead atoms. The molecule has 0 atom stereocenters. The number of sulfonamides is 1. The minimum atomic E-state index is -3.49. The van der Waals surface area contributed by atoms with Crippen molar-refractivity contribution in [2.45, 2.75) is 30.6 Å². The highest BCUT2D eigenvalue weighted by atomic mass is 32.2. The van der Waals surface area contributed by atoms with Crippen LogP contribution in [-0.2, 0) is 14.8 Å². The Morgan fingerprint density at radius 1 is 0.794 bits per heavy atom. The highest BCUT2D eigenvalue weighted by Crippen LogP contribution is 2.23. The Hall–Kier alpha value is -2.78. The number of benzene rings is 2. The smallest absolute Gasteiger partial charge is 0.260 e. The van der Waals surface area contributed by atoms with Crippen molar-refractivity contribution in [2.75, 3.05) is 57.9 Å². The Morgan fingerprint density at radius 3 is 1.97 bits per heavy atom. The third kappa shape index (κ3) is 5.82. The third-order valence-electron chi connectivity index (χ3n) is 6.46. The van der Waals surface area contributed by atoms with Gasteiger partial charge in [0.25, 0.3) is 5.91 Å². The van der Waals surface area contributed by atoms with E-state index in [1.54, 1.807) is 40.6 Å². The first-order valence-corrected chi connectivity index (χ1v) is 13.3. The fourth-order valence-corrected chi connectivity index (χ4v) is 5.90. The number of carbonyl (C=O) groups excluding carboxylic acids is 1. The van der Waals surface area contributed by atoms with Crippen LogP contribution in [-0.4, -0.2) is 76.5 Å². The van der Waals surface area contributed by atoms with Crippen LogP contribution in [0.3, 0.4) is 0 Å². The Bertz CT molecular complexity index is 1040. The predicted molar refractivity (Wildman–Crippen MR) is 131 cm³/mol. The monoisotopic (exact) mass is 487 g/mol. The normalized spacial score (nSPS) is 17.8. The summed E-state index contributed by atoms with van der Waals surface area (Å²) in [6, 6.07) is 14.3. The first kappa shape index (κ1) is 24.3. The maximum atomic E-state index is 12.9. The van der Waals surface area contributed by atoms with Crippen molar-refractivity contribution in [2.24, 2.45) is 0 Å². The van der Waals surface area contributed by atoms with E-state index in [2.05, 4.69) is 4.90 Å². The molecule has 2 heterocycles. The summed E-state index contributed by atoms with van der Waals surface area (Å²) in [6.07, 6.45) is 3.94. The van der Waals surface area contributed by atoms with Crippen molar-refractivity contribution >= 4 is 21.6 Å². The van der Waals surface area contributed by atoms with Gasteiger partial charge in [-0.1, -0.05) is 12.8 Å². The Labute approximate surface area is 202 Å². The van der Waals surface area contributed by atoms with E-state index in [1.165, 1.54) is 0 Å². The van der Waals surface area contributed by atoms with Crippen LogP contribution in [0.25, 0.3) is 0 Å². The molecule has 0 N–H and O–H groups in total. The summed E-state index contributed by atoms with van der Waals surface area (Å²) in [5, 5.41) is 0. The van der Waals surface area contributed by atoms with Gasteiger partial charge in [-0.3, -0.25) is 4.79 Å². The quantitative estimate of drug-likeness (QED) is 0.598. The topological polar surface area (TPSA) is 79.4 Å². The molecule has 8 nitrogen and oxygen atoms in total. The Morgan fingerprint density at radius 2 is 1.38 bits per heavy atom. The summed E-state index contributed by atoms with van der Waals surface area (Å²) in [7, 11) is -1.84. The maximum absolute atomic E-state index is 12.9. The molecule has 0 aliphatic carbocycles. The lowest BCUT2D eigenvalue weighted by molar-refractivity contribution is -0.133. The van der Waals surface area contributed by atoms with Gasteiger partial charge < -0.3 is 19.3 Å². The number of piperazine rings is 1. The van der Waals surface area contributed by atoms with E-state index >= 15 is 0 Å². The number of carbonyl (C=O) groups is 1. The average Bonchev–Trinajstić information content (AvgIpc) is 3.18. The van der Waals surface area contributed by atoms with Gasteiger partial charge in [0, 0.05) is 45.0 Å². The molecule has 2 aromatic carbocycles. The summed E-state index contributed by atoms with van der Waals surface area (Å²) < 4.78 is 38.2. The first-order valence-electron chi connectivity index (χ1n) is 11.9. The van der Waals surface area contributed by atoms with Crippen LogP contribution >= 0.6 is 0 Å². The first-order chi connectivity index (χ1) is 16.5. The van der Waals surface area contributed by atoms with E-state index in [9.17, 15) is 13.2 Å². The lowest BCUT2D eigenvalue weighted by Gasteiger charge is -2.36. The highest BCUT2D eigenvalue weighted by molar-refractivity contribution is 7.89. The van der Waals surface area contributed by atoms with Gasteiger partial charge in [0.2, 0.25) is 10.0 Å². The van der Waals surface area contributed by atoms with Crippen LogP contribution in [0.5, 0.6) is 11.5 Å². The van der Waals surface area contributed by atoms with E-state index in [0.717, 1.165) is 50.2 Å². The predicted octanol–water partition coefficient (Wildman–Crippen LogP) is 2.99. The van der Waals surface area contributed by atoms with Crippen LogP contribution in [0.1, 0.15) is 25.7 Å². The van der Waals surface area contributed by atoms with E-state index in [-0.39, 0.29) is 17.4 Å². The Kier molecular flexibility index (Phi) is 7.95. The SMILES string of the molecule is COc1ccc(N2CCN(C(=O)COc3ccc(S(=O)(=O)N4CCCCCC4)cc3)CC2)cc1. The molecule has 0 aromatic heterocycles. The maximum Gasteiger partial charge on any atom is 0.260 e. The highest BCUT2D eigenvalue weighted by Gasteiger charge is 2.25. The summed E-state index contributed by atoms with van der Waals surface area (Å²) in [4.78, 5) is 16.9. The molecule has 2 aromatic rings. The number of nitrogens with zero attached hydrogens (tertiary/aromatic N) is 3. The van der Waals surface area contributed by atoms with Crippen molar-refractivity contribution in [3.8, 4) is 11.5 Å². The van der Waals surface area contributed by atoms with E-state index in [1.807, 2.05) is 24.3 Å². The van der Waals surface area contributed by atoms with E-state index in [4.69, 9.17) is 9.47 Å². The molecule has 0 unspecified atom stereocenters. The van der Waals surface area contributed by atoms with Gasteiger partial charge in [-0.15, -0.1) is 0 Å². The van der Waals surface area contributed by atoms with Crippen LogP contribution in [0.2, 0.25) is 0 Å². The average molecular weight is 488 g/mol. The molecule has 1 amide bonds. The molecule has 2 aliphatic heterocycles. The lowest BCUT2D eigenvalue weighted by atomic mass is 10.2. The van der Waals surface area contributed by atoms with Crippen LogP contribution in [0, 0.1) is 0 Å². The number of amides is 1. The van der Waals surface area contributed by atoms with Gasteiger partial charge >= 0.3 is 0 Å². The van der Waals surface area contributed by atoms with E-state index < -0.39 is 10.0 Å². The lowest BCUT2D eigenvalue weighted by Crippen LogP contribution is -2.50. The zero-order valence-corrected chi connectivity index (χ0v) is 20.5. The molecule has 2 aliphatic rings. The van der Waals surface area contributed by atoms with Gasteiger partial charge in [-0.05, 0) is 61.4 Å². The van der Waals surface area contributed by atoms with Gasteiger partial charge in [0.1, 0.15) is 11.5 Å². The molecule has 0 spiro atoms. The van der Waals surface area contributed by atoms with E-state index in [0.29, 0.717) is 31.9 Å². The molecule has 0 saturated carbocycles. The van der Waals surface area contributed by atoms with Gasteiger partial charge in [0.15, 0.2) is 6.61 Å². The third-order valence-corrected chi connectivity index (χ3v) is 8.37. The molecule has 9 heteroatoms. The zero-order chi connectivity index (χ0) is 24.0. The van der Waals surface area contributed by atoms with Crippen molar-refractivity contribution in [1.29, 1.82) is 0 Å². The molecular formula is C25H33N3O5S. The summed E-state index contributed by atoms with van der Waals surface area (Å²) >= 11 is 0. The zero-order valence-electron chi connectivity index (χ0n) is 19.7. The second kappa shape index (κ2) is 11.1. The van der Waals surface area contributed by atoms with Crippen LogP contribution < -0.4 is 14.4 Å². The molecule has 2 fully saturated rings. The Balaban J connectivity index is 1.26. The number of ether oxygens (including phenoxy) is 2. The van der Waals surface area contributed by atoms with Crippen molar-refractivity contribution < 1.29 is 22.7 Å². The van der Waals surface area contributed by atoms with Gasteiger partial charge in [-0.25, -0.2) is 8.42 Å². The molecule has 0 radical (unpaired) electrons. The molecule has 184 valence electrons.